The Labute approximate surface area is 119 Å². The zero-order valence-corrected chi connectivity index (χ0v) is 12.5. The lowest BCUT2D eigenvalue weighted by Gasteiger charge is -2.33. The largest absolute Gasteiger partial charge is 0.369 e. The number of aromatic nitrogens is 1. The van der Waals surface area contributed by atoms with Crippen LogP contribution in [0.3, 0.4) is 0 Å². The molecular formula is C15H18N2O2S. The lowest BCUT2D eigenvalue weighted by Crippen LogP contribution is -2.45. The van der Waals surface area contributed by atoms with Crippen molar-refractivity contribution in [3.8, 4) is 0 Å². The van der Waals surface area contributed by atoms with E-state index in [1.54, 1.807) is 13.1 Å². The molecule has 1 aromatic heterocycles. The smallest absolute Gasteiger partial charge is 0.156 e. The monoisotopic (exact) mass is 290 g/mol. The highest BCUT2D eigenvalue weighted by Gasteiger charge is 2.30. The van der Waals surface area contributed by atoms with Crippen molar-refractivity contribution >= 4 is 26.4 Å². The Morgan fingerprint density at radius 1 is 1.30 bits per heavy atom. The maximum atomic E-state index is 11.8. The van der Waals surface area contributed by atoms with Gasteiger partial charge < -0.3 is 4.90 Å². The Balaban J connectivity index is 2.05. The summed E-state index contributed by atoms with van der Waals surface area (Å²) in [7, 11) is -2.92. The second kappa shape index (κ2) is 4.74. The van der Waals surface area contributed by atoms with Gasteiger partial charge in [0.05, 0.1) is 16.5 Å². The average Bonchev–Trinajstić information content (AvgIpc) is 2.41. The summed E-state index contributed by atoms with van der Waals surface area (Å²) >= 11 is 0. The molecule has 1 saturated heterocycles. The molecule has 0 unspecified atom stereocenters. The van der Waals surface area contributed by atoms with Crippen LogP contribution in [-0.4, -0.2) is 37.5 Å². The van der Waals surface area contributed by atoms with Crippen molar-refractivity contribution in [1.82, 2.24) is 4.98 Å². The number of sulfone groups is 1. The molecular weight excluding hydrogens is 272 g/mol. The van der Waals surface area contributed by atoms with Crippen molar-refractivity contribution in [3.05, 3.63) is 36.0 Å². The Hall–Kier alpha value is -1.62. The summed E-state index contributed by atoms with van der Waals surface area (Å²) < 4.78 is 23.7. The predicted molar refractivity (Wildman–Crippen MR) is 81.9 cm³/mol. The van der Waals surface area contributed by atoms with Gasteiger partial charge in [-0.2, -0.15) is 0 Å². The van der Waals surface area contributed by atoms with Crippen LogP contribution in [0.5, 0.6) is 0 Å². The quantitative estimate of drug-likeness (QED) is 0.807. The van der Waals surface area contributed by atoms with Gasteiger partial charge in [0.25, 0.3) is 0 Å². The van der Waals surface area contributed by atoms with Crippen LogP contribution in [0, 0.1) is 6.92 Å². The van der Waals surface area contributed by atoms with Crippen LogP contribution in [0.15, 0.2) is 30.5 Å². The average molecular weight is 290 g/mol. The maximum Gasteiger partial charge on any atom is 0.156 e. The molecule has 1 aliphatic rings. The molecule has 0 N–H and O–H groups in total. The molecule has 4 nitrogen and oxygen atoms in total. The zero-order valence-electron chi connectivity index (χ0n) is 11.7. The van der Waals surface area contributed by atoms with E-state index < -0.39 is 9.84 Å². The minimum Gasteiger partial charge on any atom is -0.369 e. The molecule has 0 saturated carbocycles. The molecule has 0 aliphatic carbocycles. The van der Waals surface area contributed by atoms with E-state index >= 15 is 0 Å². The third-order valence-corrected chi connectivity index (χ3v) is 6.08. The number of rotatable bonds is 1. The molecule has 0 radical (unpaired) electrons. The standard InChI is InChI=1S/C15H18N2O2S/c1-11-3-4-14-13(9-11)15(5-6-16-14)17-7-8-20(18,19)12(2)10-17/h3-6,9,12H,7-8,10H2,1-2H3/t12-/m1/s1. The zero-order chi connectivity index (χ0) is 14.3. The predicted octanol–water partition coefficient (Wildman–Crippen LogP) is 2.17. The SMILES string of the molecule is Cc1ccc2nccc(N3CCS(=O)(=O)[C@H](C)C3)c2c1. The minimum absolute atomic E-state index is 0.226. The van der Waals surface area contributed by atoms with Gasteiger partial charge in [-0.15, -0.1) is 0 Å². The second-order valence-electron chi connectivity index (χ2n) is 5.47. The lowest BCUT2D eigenvalue weighted by molar-refractivity contribution is 0.569. The van der Waals surface area contributed by atoms with E-state index in [0.29, 0.717) is 13.1 Å². The van der Waals surface area contributed by atoms with Crippen molar-refractivity contribution in [2.24, 2.45) is 0 Å². The summed E-state index contributed by atoms with van der Waals surface area (Å²) in [6.45, 7) is 4.95. The Kier molecular flexibility index (Phi) is 3.17. The number of nitrogens with zero attached hydrogens (tertiary/aromatic N) is 2. The van der Waals surface area contributed by atoms with Gasteiger partial charge in [0.2, 0.25) is 0 Å². The molecule has 1 atom stereocenters. The lowest BCUT2D eigenvalue weighted by atomic mass is 10.1. The summed E-state index contributed by atoms with van der Waals surface area (Å²) in [5.41, 5.74) is 3.22. The summed E-state index contributed by atoms with van der Waals surface area (Å²) in [5, 5.41) is 0.781. The van der Waals surface area contributed by atoms with Crippen LogP contribution in [0.4, 0.5) is 5.69 Å². The summed E-state index contributed by atoms with van der Waals surface area (Å²) in [6.07, 6.45) is 1.79. The fourth-order valence-electron chi connectivity index (χ4n) is 2.69. The molecule has 0 amide bonds. The van der Waals surface area contributed by atoms with Crippen molar-refractivity contribution in [2.45, 2.75) is 19.1 Å². The molecule has 1 fully saturated rings. The first kappa shape index (κ1) is 13.4. The van der Waals surface area contributed by atoms with Crippen LogP contribution < -0.4 is 4.90 Å². The molecule has 1 aliphatic heterocycles. The van der Waals surface area contributed by atoms with Gasteiger partial charge in [-0.1, -0.05) is 11.6 Å². The Bertz CT molecular complexity index is 756. The molecule has 106 valence electrons. The fraction of sp³-hybridized carbons (Fsp3) is 0.400. The van der Waals surface area contributed by atoms with Crippen molar-refractivity contribution < 1.29 is 8.42 Å². The van der Waals surface area contributed by atoms with E-state index in [1.807, 2.05) is 18.2 Å². The highest BCUT2D eigenvalue weighted by atomic mass is 32.2. The van der Waals surface area contributed by atoms with Crippen molar-refractivity contribution in [2.75, 3.05) is 23.7 Å². The number of hydrogen-bond donors (Lipinski definition) is 0. The van der Waals surface area contributed by atoms with Gasteiger partial charge >= 0.3 is 0 Å². The third-order valence-electron chi connectivity index (χ3n) is 3.95. The van der Waals surface area contributed by atoms with Crippen molar-refractivity contribution in [1.29, 1.82) is 0 Å². The molecule has 3 rings (SSSR count). The number of anilines is 1. The van der Waals surface area contributed by atoms with Crippen LogP contribution in [0.25, 0.3) is 10.9 Å². The molecule has 2 heterocycles. The summed E-state index contributed by atoms with van der Waals surface area (Å²) in [5.74, 6) is 0.226. The molecule has 2 aromatic rings. The maximum absolute atomic E-state index is 11.8. The van der Waals surface area contributed by atoms with E-state index in [0.717, 1.165) is 16.6 Å². The number of pyridine rings is 1. The highest BCUT2D eigenvalue weighted by Crippen LogP contribution is 2.28. The third kappa shape index (κ3) is 2.26. The summed E-state index contributed by atoms with van der Waals surface area (Å²) in [6, 6.07) is 8.15. The topological polar surface area (TPSA) is 50.3 Å². The minimum atomic E-state index is -2.92. The van der Waals surface area contributed by atoms with Gasteiger partial charge in [-0.3, -0.25) is 4.98 Å². The first-order valence-electron chi connectivity index (χ1n) is 6.79. The van der Waals surface area contributed by atoms with E-state index in [1.165, 1.54) is 5.56 Å². The van der Waals surface area contributed by atoms with Gasteiger partial charge in [0, 0.05) is 30.4 Å². The molecule has 0 spiro atoms. The van der Waals surface area contributed by atoms with Crippen molar-refractivity contribution in [3.63, 3.8) is 0 Å². The Morgan fingerprint density at radius 3 is 2.85 bits per heavy atom. The Morgan fingerprint density at radius 2 is 2.10 bits per heavy atom. The van der Waals surface area contributed by atoms with E-state index in [-0.39, 0.29) is 11.0 Å². The normalized spacial score (nSPS) is 22.1. The first-order chi connectivity index (χ1) is 9.47. The fourth-order valence-corrected chi connectivity index (χ4v) is 3.98. The first-order valence-corrected chi connectivity index (χ1v) is 8.51. The van der Waals surface area contributed by atoms with Crippen LogP contribution >= 0.6 is 0 Å². The van der Waals surface area contributed by atoms with Gasteiger partial charge in [-0.05, 0) is 32.0 Å². The second-order valence-corrected chi connectivity index (χ2v) is 8.01. The van der Waals surface area contributed by atoms with E-state index in [4.69, 9.17) is 0 Å². The van der Waals surface area contributed by atoms with E-state index in [9.17, 15) is 8.42 Å². The van der Waals surface area contributed by atoms with Gasteiger partial charge in [0.15, 0.2) is 9.84 Å². The molecule has 5 heteroatoms. The number of aryl methyl sites for hydroxylation is 1. The highest BCUT2D eigenvalue weighted by molar-refractivity contribution is 7.92. The van der Waals surface area contributed by atoms with Crippen LogP contribution in [0.2, 0.25) is 0 Å². The van der Waals surface area contributed by atoms with Gasteiger partial charge in [-0.25, -0.2) is 8.42 Å². The number of hydrogen-bond acceptors (Lipinski definition) is 4. The number of benzene rings is 1. The van der Waals surface area contributed by atoms with Crippen LogP contribution in [0.1, 0.15) is 12.5 Å². The molecule has 0 bridgehead atoms. The van der Waals surface area contributed by atoms with Gasteiger partial charge in [0.1, 0.15) is 0 Å². The summed E-state index contributed by atoms with van der Waals surface area (Å²) in [4.78, 5) is 6.54. The van der Waals surface area contributed by atoms with E-state index in [2.05, 4.69) is 22.9 Å². The molecule has 1 aromatic carbocycles. The van der Waals surface area contributed by atoms with Crippen LogP contribution in [-0.2, 0) is 9.84 Å². The number of fused-ring (bicyclic) bond motifs is 1. The molecule has 20 heavy (non-hydrogen) atoms.